The highest BCUT2D eigenvalue weighted by Gasteiger charge is 2.29. The molecule has 0 radical (unpaired) electrons. The van der Waals surface area contributed by atoms with Crippen molar-refractivity contribution in [3.8, 4) is 5.75 Å². The number of aromatic nitrogens is 2. The summed E-state index contributed by atoms with van der Waals surface area (Å²) in [5, 5.41) is 5.74. The Hall–Kier alpha value is -3.35. The van der Waals surface area contributed by atoms with Gasteiger partial charge in [0.15, 0.2) is 6.61 Å². The van der Waals surface area contributed by atoms with Crippen molar-refractivity contribution in [3.05, 3.63) is 54.4 Å². The standard InChI is InChI=1S/C21H22N4O3/c1-13(20-24-17-7-2-3-8-18(17)25-20)22-19(26)12-28-16-6-4-5-15(11-16)23-21(27)14-9-10-14/h2-8,11,13-14H,9-10,12H2,1H3,(H,22,26)(H,23,27)(H,24,25). The van der Waals surface area contributed by atoms with E-state index in [9.17, 15) is 9.59 Å². The Labute approximate surface area is 162 Å². The summed E-state index contributed by atoms with van der Waals surface area (Å²) in [6.07, 6.45) is 1.90. The zero-order chi connectivity index (χ0) is 19.5. The Bertz CT molecular complexity index is 977. The number of carbonyl (C=O) groups excluding carboxylic acids is 2. The maximum absolute atomic E-state index is 12.2. The van der Waals surface area contributed by atoms with Crippen molar-refractivity contribution >= 4 is 28.5 Å². The van der Waals surface area contributed by atoms with Gasteiger partial charge in [-0.2, -0.15) is 0 Å². The summed E-state index contributed by atoms with van der Waals surface area (Å²) in [6.45, 7) is 1.74. The molecule has 0 aliphatic heterocycles. The monoisotopic (exact) mass is 378 g/mol. The lowest BCUT2D eigenvalue weighted by Crippen LogP contribution is -2.31. The summed E-state index contributed by atoms with van der Waals surface area (Å²) >= 11 is 0. The highest BCUT2D eigenvalue weighted by atomic mass is 16.5. The predicted octanol–water partition coefficient (Wildman–Crippen LogP) is 3.17. The van der Waals surface area contributed by atoms with E-state index in [1.54, 1.807) is 24.3 Å². The van der Waals surface area contributed by atoms with Crippen LogP contribution in [0.15, 0.2) is 48.5 Å². The molecule has 2 amide bonds. The fourth-order valence-corrected chi connectivity index (χ4v) is 2.93. The van der Waals surface area contributed by atoms with E-state index in [-0.39, 0.29) is 30.4 Å². The molecule has 7 nitrogen and oxygen atoms in total. The molecule has 3 N–H and O–H groups in total. The summed E-state index contributed by atoms with van der Waals surface area (Å²) < 4.78 is 5.57. The van der Waals surface area contributed by atoms with Gasteiger partial charge in [-0.05, 0) is 44.0 Å². The number of para-hydroxylation sites is 2. The minimum atomic E-state index is -0.271. The zero-order valence-corrected chi connectivity index (χ0v) is 15.6. The number of H-pyrrole nitrogens is 1. The zero-order valence-electron chi connectivity index (χ0n) is 15.6. The quantitative estimate of drug-likeness (QED) is 0.588. The molecule has 1 aromatic heterocycles. The topological polar surface area (TPSA) is 96.1 Å². The number of nitrogens with zero attached hydrogens (tertiary/aromatic N) is 1. The van der Waals surface area contributed by atoms with E-state index in [4.69, 9.17) is 4.74 Å². The van der Waals surface area contributed by atoms with Crippen LogP contribution in [0.2, 0.25) is 0 Å². The van der Waals surface area contributed by atoms with E-state index in [0.29, 0.717) is 17.3 Å². The van der Waals surface area contributed by atoms with E-state index in [1.165, 1.54) is 0 Å². The maximum atomic E-state index is 12.2. The molecule has 0 spiro atoms. The molecule has 144 valence electrons. The maximum Gasteiger partial charge on any atom is 0.258 e. The number of carbonyl (C=O) groups is 2. The van der Waals surface area contributed by atoms with Crippen LogP contribution in [0.4, 0.5) is 5.69 Å². The van der Waals surface area contributed by atoms with Gasteiger partial charge >= 0.3 is 0 Å². The normalized spacial score (nSPS) is 14.5. The van der Waals surface area contributed by atoms with Gasteiger partial charge in [0.2, 0.25) is 5.91 Å². The van der Waals surface area contributed by atoms with Crippen molar-refractivity contribution in [2.45, 2.75) is 25.8 Å². The molecule has 7 heteroatoms. The van der Waals surface area contributed by atoms with Gasteiger partial charge < -0.3 is 20.4 Å². The van der Waals surface area contributed by atoms with Crippen LogP contribution < -0.4 is 15.4 Å². The van der Waals surface area contributed by atoms with Crippen LogP contribution in [0.5, 0.6) is 5.75 Å². The van der Waals surface area contributed by atoms with Crippen LogP contribution in [0, 0.1) is 5.92 Å². The van der Waals surface area contributed by atoms with Crippen molar-refractivity contribution in [2.24, 2.45) is 5.92 Å². The first-order valence-corrected chi connectivity index (χ1v) is 9.36. The van der Waals surface area contributed by atoms with Gasteiger partial charge in [0, 0.05) is 17.7 Å². The van der Waals surface area contributed by atoms with Crippen molar-refractivity contribution in [1.82, 2.24) is 15.3 Å². The molecule has 0 bridgehead atoms. The summed E-state index contributed by atoms with van der Waals surface area (Å²) in [4.78, 5) is 31.8. The minimum Gasteiger partial charge on any atom is -0.484 e. The second kappa shape index (κ2) is 7.72. The van der Waals surface area contributed by atoms with Gasteiger partial charge in [0.1, 0.15) is 11.6 Å². The number of nitrogens with one attached hydrogen (secondary N) is 3. The van der Waals surface area contributed by atoms with Crippen LogP contribution in [-0.2, 0) is 9.59 Å². The van der Waals surface area contributed by atoms with E-state index in [0.717, 1.165) is 23.9 Å². The van der Waals surface area contributed by atoms with Gasteiger partial charge in [-0.15, -0.1) is 0 Å². The second-order valence-corrected chi connectivity index (χ2v) is 7.01. The van der Waals surface area contributed by atoms with Crippen molar-refractivity contribution in [2.75, 3.05) is 11.9 Å². The minimum absolute atomic E-state index is 0.0366. The van der Waals surface area contributed by atoms with Crippen LogP contribution in [-0.4, -0.2) is 28.4 Å². The number of rotatable bonds is 7. The summed E-state index contributed by atoms with van der Waals surface area (Å²) in [5.74, 6) is 1.14. The number of benzene rings is 2. The van der Waals surface area contributed by atoms with Crippen LogP contribution in [0.25, 0.3) is 11.0 Å². The number of hydrogen-bond acceptors (Lipinski definition) is 4. The molecule has 2 aromatic carbocycles. The molecule has 0 saturated heterocycles. The number of imidazole rings is 1. The average Bonchev–Trinajstić information content (AvgIpc) is 3.45. The molecule has 1 heterocycles. The molecular weight excluding hydrogens is 356 g/mol. The third kappa shape index (κ3) is 4.31. The number of ether oxygens (including phenoxy) is 1. The van der Waals surface area contributed by atoms with Crippen LogP contribution in [0.3, 0.4) is 0 Å². The number of hydrogen-bond donors (Lipinski definition) is 3. The van der Waals surface area contributed by atoms with Crippen LogP contribution >= 0.6 is 0 Å². The van der Waals surface area contributed by atoms with Crippen LogP contribution in [0.1, 0.15) is 31.6 Å². The molecule has 1 aliphatic rings. The van der Waals surface area contributed by atoms with E-state index in [2.05, 4.69) is 20.6 Å². The van der Waals surface area contributed by atoms with Crippen molar-refractivity contribution in [3.63, 3.8) is 0 Å². The molecule has 1 fully saturated rings. The molecule has 1 atom stereocenters. The molecule has 1 aliphatic carbocycles. The molecular formula is C21H22N4O3. The third-order valence-electron chi connectivity index (χ3n) is 4.61. The van der Waals surface area contributed by atoms with Crippen molar-refractivity contribution < 1.29 is 14.3 Å². The lowest BCUT2D eigenvalue weighted by atomic mass is 10.3. The lowest BCUT2D eigenvalue weighted by molar-refractivity contribution is -0.123. The first-order valence-electron chi connectivity index (χ1n) is 9.36. The lowest BCUT2D eigenvalue weighted by Gasteiger charge is -2.13. The molecule has 1 unspecified atom stereocenters. The molecule has 1 saturated carbocycles. The molecule has 4 rings (SSSR count). The van der Waals surface area contributed by atoms with Crippen molar-refractivity contribution in [1.29, 1.82) is 0 Å². The fraction of sp³-hybridized carbons (Fsp3) is 0.286. The Kier molecular flexibility index (Phi) is 4.97. The predicted molar refractivity (Wildman–Crippen MR) is 106 cm³/mol. The van der Waals surface area contributed by atoms with Gasteiger partial charge in [-0.3, -0.25) is 9.59 Å². The first-order chi connectivity index (χ1) is 13.6. The summed E-state index contributed by atoms with van der Waals surface area (Å²) in [7, 11) is 0. The number of anilines is 1. The SMILES string of the molecule is CC(NC(=O)COc1cccc(NC(=O)C2CC2)c1)c1nc2ccccc2[nH]1. The number of amides is 2. The summed E-state index contributed by atoms with van der Waals surface area (Å²) in [6, 6.07) is 14.5. The Balaban J connectivity index is 1.30. The number of fused-ring (bicyclic) bond motifs is 1. The van der Waals surface area contributed by atoms with Gasteiger partial charge in [-0.25, -0.2) is 4.98 Å². The Morgan fingerprint density at radius 1 is 1.21 bits per heavy atom. The second-order valence-electron chi connectivity index (χ2n) is 7.01. The van der Waals surface area contributed by atoms with E-state index < -0.39 is 0 Å². The Morgan fingerprint density at radius 3 is 2.82 bits per heavy atom. The molecule has 3 aromatic rings. The average molecular weight is 378 g/mol. The number of aromatic amines is 1. The summed E-state index contributed by atoms with van der Waals surface area (Å²) in [5.41, 5.74) is 2.46. The van der Waals surface area contributed by atoms with Gasteiger partial charge in [-0.1, -0.05) is 18.2 Å². The third-order valence-corrected chi connectivity index (χ3v) is 4.61. The van der Waals surface area contributed by atoms with E-state index >= 15 is 0 Å². The first kappa shape index (κ1) is 18.0. The largest absolute Gasteiger partial charge is 0.484 e. The fourth-order valence-electron chi connectivity index (χ4n) is 2.93. The smallest absolute Gasteiger partial charge is 0.258 e. The molecule has 28 heavy (non-hydrogen) atoms. The van der Waals surface area contributed by atoms with E-state index in [1.807, 2.05) is 31.2 Å². The Morgan fingerprint density at radius 2 is 2.04 bits per heavy atom. The highest BCUT2D eigenvalue weighted by Crippen LogP contribution is 2.30. The highest BCUT2D eigenvalue weighted by molar-refractivity contribution is 5.94. The van der Waals surface area contributed by atoms with Gasteiger partial charge in [0.25, 0.3) is 5.91 Å². The van der Waals surface area contributed by atoms with Gasteiger partial charge in [0.05, 0.1) is 17.1 Å².